The van der Waals surface area contributed by atoms with Gasteiger partial charge in [-0.2, -0.15) is 0 Å². The Morgan fingerprint density at radius 2 is 2.13 bits per heavy atom. The number of hydrogen-bond acceptors (Lipinski definition) is 3. The molecule has 128 valence electrons. The topological polar surface area (TPSA) is 50.4 Å². The second-order valence-corrected chi connectivity index (χ2v) is 7.62. The Morgan fingerprint density at radius 1 is 1.39 bits per heavy atom. The van der Waals surface area contributed by atoms with Gasteiger partial charge in [0.1, 0.15) is 5.75 Å². The van der Waals surface area contributed by atoms with Crippen LogP contribution in [0.1, 0.15) is 46.6 Å². The van der Waals surface area contributed by atoms with E-state index in [0.717, 1.165) is 25.3 Å². The molecule has 0 aliphatic carbocycles. The molecule has 4 nitrogen and oxygen atoms in total. The third-order valence-electron chi connectivity index (χ3n) is 4.50. The van der Waals surface area contributed by atoms with E-state index in [0.29, 0.717) is 5.92 Å². The molecular formula is C19H30N2O2. The van der Waals surface area contributed by atoms with Crippen LogP contribution in [0.5, 0.6) is 5.75 Å². The highest BCUT2D eigenvalue weighted by atomic mass is 16.5. The first kappa shape index (κ1) is 17.8. The molecule has 1 aromatic rings. The van der Waals surface area contributed by atoms with E-state index in [1.54, 1.807) is 0 Å². The second kappa shape index (κ2) is 7.35. The summed E-state index contributed by atoms with van der Waals surface area (Å²) in [5, 5.41) is 6.47. The Morgan fingerprint density at radius 3 is 2.78 bits per heavy atom. The van der Waals surface area contributed by atoms with Crippen LogP contribution >= 0.6 is 0 Å². The van der Waals surface area contributed by atoms with Crippen molar-refractivity contribution in [3.63, 3.8) is 0 Å². The predicted molar refractivity (Wildman–Crippen MR) is 93.8 cm³/mol. The highest BCUT2D eigenvalue weighted by molar-refractivity contribution is 5.81. The molecule has 1 aromatic carbocycles. The fourth-order valence-corrected chi connectivity index (χ4v) is 2.82. The maximum absolute atomic E-state index is 12.4. The van der Waals surface area contributed by atoms with Gasteiger partial charge in [0.05, 0.1) is 0 Å². The average Bonchev–Trinajstić information content (AvgIpc) is 2.49. The minimum Gasteiger partial charge on any atom is -0.481 e. The maximum atomic E-state index is 12.4. The molecule has 4 heteroatoms. The van der Waals surface area contributed by atoms with E-state index in [1.165, 1.54) is 5.56 Å². The zero-order chi connectivity index (χ0) is 17.0. The summed E-state index contributed by atoms with van der Waals surface area (Å²) in [7, 11) is 0. The van der Waals surface area contributed by atoms with Crippen LogP contribution in [0.15, 0.2) is 24.3 Å². The summed E-state index contributed by atoms with van der Waals surface area (Å²) in [6.07, 6.45) is 0.478. The number of amides is 1. The van der Waals surface area contributed by atoms with Crippen LogP contribution in [0.2, 0.25) is 0 Å². The Labute approximate surface area is 140 Å². The second-order valence-electron chi connectivity index (χ2n) is 7.62. The van der Waals surface area contributed by atoms with E-state index in [2.05, 4.69) is 44.4 Å². The van der Waals surface area contributed by atoms with Gasteiger partial charge in [0.15, 0.2) is 6.10 Å². The van der Waals surface area contributed by atoms with Crippen molar-refractivity contribution in [2.24, 2.45) is 5.92 Å². The van der Waals surface area contributed by atoms with E-state index < -0.39 is 6.10 Å². The first-order valence-electron chi connectivity index (χ1n) is 8.55. The molecule has 0 bridgehead atoms. The number of hydrogen-bond donors (Lipinski definition) is 2. The zero-order valence-corrected chi connectivity index (χ0v) is 15.0. The SMILES string of the molecule is CC(Oc1cccc(C(C)(C)C)c1)C(=O)NC1CCNCC1C. The lowest BCUT2D eigenvalue weighted by atomic mass is 9.87. The number of nitrogens with one attached hydrogen (secondary N) is 2. The number of benzene rings is 1. The van der Waals surface area contributed by atoms with Gasteiger partial charge in [-0.05, 0) is 55.5 Å². The van der Waals surface area contributed by atoms with E-state index in [9.17, 15) is 4.79 Å². The van der Waals surface area contributed by atoms with Crippen LogP contribution in [0, 0.1) is 5.92 Å². The normalized spacial score (nSPS) is 23.2. The third-order valence-corrected chi connectivity index (χ3v) is 4.50. The molecule has 3 atom stereocenters. The Kier molecular flexibility index (Phi) is 5.69. The molecule has 1 aliphatic heterocycles. The number of ether oxygens (including phenoxy) is 1. The van der Waals surface area contributed by atoms with Crippen LogP contribution in [0.25, 0.3) is 0 Å². The molecule has 1 heterocycles. The lowest BCUT2D eigenvalue weighted by Crippen LogP contribution is -2.51. The number of carbonyl (C=O) groups excluding carboxylic acids is 1. The third kappa shape index (κ3) is 4.96. The molecule has 1 amide bonds. The van der Waals surface area contributed by atoms with Gasteiger partial charge >= 0.3 is 0 Å². The summed E-state index contributed by atoms with van der Waals surface area (Å²) >= 11 is 0. The molecule has 2 rings (SSSR count). The standard InChI is InChI=1S/C19H30N2O2/c1-13-12-20-10-9-17(13)21-18(22)14(2)23-16-8-6-7-15(11-16)19(3,4)5/h6-8,11,13-14,17,20H,9-10,12H2,1-5H3,(H,21,22). The van der Waals surface area contributed by atoms with Gasteiger partial charge < -0.3 is 15.4 Å². The number of carbonyl (C=O) groups is 1. The molecule has 0 spiro atoms. The van der Waals surface area contributed by atoms with E-state index in [1.807, 2.05) is 25.1 Å². The van der Waals surface area contributed by atoms with Crippen molar-refractivity contribution in [1.82, 2.24) is 10.6 Å². The van der Waals surface area contributed by atoms with Crippen molar-refractivity contribution < 1.29 is 9.53 Å². The van der Waals surface area contributed by atoms with E-state index in [4.69, 9.17) is 4.74 Å². The monoisotopic (exact) mass is 318 g/mol. The average molecular weight is 318 g/mol. The van der Waals surface area contributed by atoms with Crippen LogP contribution in [0.4, 0.5) is 0 Å². The quantitative estimate of drug-likeness (QED) is 0.897. The van der Waals surface area contributed by atoms with Gasteiger partial charge in [0.25, 0.3) is 5.91 Å². The summed E-state index contributed by atoms with van der Waals surface area (Å²) in [5.41, 5.74) is 1.27. The van der Waals surface area contributed by atoms with Crippen LogP contribution in [-0.4, -0.2) is 31.1 Å². The van der Waals surface area contributed by atoms with Gasteiger partial charge in [-0.3, -0.25) is 4.79 Å². The van der Waals surface area contributed by atoms with Gasteiger partial charge in [0.2, 0.25) is 0 Å². The van der Waals surface area contributed by atoms with Crippen molar-refractivity contribution >= 4 is 5.91 Å². The minimum absolute atomic E-state index is 0.0371. The molecule has 0 saturated carbocycles. The molecular weight excluding hydrogens is 288 g/mol. The van der Waals surface area contributed by atoms with Crippen molar-refractivity contribution in [2.75, 3.05) is 13.1 Å². The Balaban J connectivity index is 1.95. The first-order chi connectivity index (χ1) is 10.8. The smallest absolute Gasteiger partial charge is 0.261 e. The van der Waals surface area contributed by atoms with Crippen molar-refractivity contribution in [3.8, 4) is 5.75 Å². The summed E-state index contributed by atoms with van der Waals surface area (Å²) in [6.45, 7) is 12.4. The summed E-state index contributed by atoms with van der Waals surface area (Å²) in [6, 6.07) is 8.24. The highest BCUT2D eigenvalue weighted by Crippen LogP contribution is 2.26. The Hall–Kier alpha value is -1.55. The number of rotatable bonds is 4. The first-order valence-corrected chi connectivity index (χ1v) is 8.55. The van der Waals surface area contributed by atoms with Crippen LogP contribution in [0.3, 0.4) is 0 Å². The van der Waals surface area contributed by atoms with Crippen molar-refractivity contribution in [2.45, 2.75) is 58.6 Å². The van der Waals surface area contributed by atoms with Gasteiger partial charge in [0, 0.05) is 6.04 Å². The fourth-order valence-electron chi connectivity index (χ4n) is 2.82. The molecule has 2 N–H and O–H groups in total. The van der Waals surface area contributed by atoms with Crippen molar-refractivity contribution in [1.29, 1.82) is 0 Å². The largest absolute Gasteiger partial charge is 0.481 e. The van der Waals surface area contributed by atoms with E-state index >= 15 is 0 Å². The molecule has 3 unspecified atom stereocenters. The number of piperidine rings is 1. The lowest BCUT2D eigenvalue weighted by molar-refractivity contribution is -0.128. The van der Waals surface area contributed by atoms with Crippen LogP contribution in [-0.2, 0) is 10.2 Å². The maximum Gasteiger partial charge on any atom is 0.261 e. The van der Waals surface area contributed by atoms with Gasteiger partial charge in [-0.1, -0.05) is 39.8 Å². The lowest BCUT2D eigenvalue weighted by Gasteiger charge is -2.31. The molecule has 1 saturated heterocycles. The molecule has 23 heavy (non-hydrogen) atoms. The summed E-state index contributed by atoms with van der Waals surface area (Å²) < 4.78 is 5.86. The minimum atomic E-state index is -0.493. The van der Waals surface area contributed by atoms with Gasteiger partial charge in [-0.25, -0.2) is 0 Å². The molecule has 0 aromatic heterocycles. The highest BCUT2D eigenvalue weighted by Gasteiger charge is 2.25. The summed E-state index contributed by atoms with van der Waals surface area (Å²) in [4.78, 5) is 12.4. The summed E-state index contributed by atoms with van der Waals surface area (Å²) in [5.74, 6) is 1.16. The van der Waals surface area contributed by atoms with Gasteiger partial charge in [-0.15, -0.1) is 0 Å². The molecule has 1 fully saturated rings. The molecule has 0 radical (unpaired) electrons. The van der Waals surface area contributed by atoms with Crippen molar-refractivity contribution in [3.05, 3.63) is 29.8 Å². The molecule has 1 aliphatic rings. The fraction of sp³-hybridized carbons (Fsp3) is 0.632. The van der Waals surface area contributed by atoms with Crippen LogP contribution < -0.4 is 15.4 Å². The zero-order valence-electron chi connectivity index (χ0n) is 15.0. The predicted octanol–water partition coefficient (Wildman–Crippen LogP) is 2.87. The van der Waals surface area contributed by atoms with E-state index in [-0.39, 0.29) is 17.4 Å². The Bertz CT molecular complexity index is 536.